The maximum atomic E-state index is 13.9. The van der Waals surface area contributed by atoms with Crippen LogP contribution in [0.25, 0.3) is 22.3 Å². The van der Waals surface area contributed by atoms with Crippen molar-refractivity contribution < 1.29 is 27.2 Å². The predicted molar refractivity (Wildman–Crippen MR) is 136 cm³/mol. The van der Waals surface area contributed by atoms with Crippen molar-refractivity contribution in [1.29, 1.82) is 0 Å². The molecule has 0 spiro atoms. The number of urea groups is 1. The summed E-state index contributed by atoms with van der Waals surface area (Å²) in [7, 11) is 0. The lowest BCUT2D eigenvalue weighted by Crippen LogP contribution is -2.20. The second-order valence-corrected chi connectivity index (χ2v) is 8.76. The zero-order valence-electron chi connectivity index (χ0n) is 19.1. The van der Waals surface area contributed by atoms with E-state index in [0.717, 1.165) is 0 Å². The number of aromatic amines is 1. The highest BCUT2D eigenvalue weighted by atomic mass is 32.1. The summed E-state index contributed by atoms with van der Waals surface area (Å²) in [5, 5.41) is 18.3. The number of aromatic nitrogens is 3. The molecule has 8 nitrogen and oxygen atoms in total. The molecule has 0 aliphatic heterocycles. The number of fused-ring (bicyclic) bond motifs is 1. The first-order valence-corrected chi connectivity index (χ1v) is 11.9. The van der Waals surface area contributed by atoms with Gasteiger partial charge in [-0.15, -0.1) is 0 Å². The molecule has 4 N–H and O–H groups in total. The number of anilines is 3. The molecule has 0 saturated heterocycles. The van der Waals surface area contributed by atoms with Gasteiger partial charge in [0.05, 0.1) is 27.9 Å². The third-order valence-electron chi connectivity index (χ3n) is 5.42. The smallest absolute Gasteiger partial charge is 0.308 e. The van der Waals surface area contributed by atoms with E-state index >= 15 is 0 Å². The number of carbonyl (C=O) groups is 2. The van der Waals surface area contributed by atoms with Crippen LogP contribution in [0, 0.1) is 5.82 Å². The summed E-state index contributed by atoms with van der Waals surface area (Å²) in [5.41, 5.74) is 0.888. The molecule has 0 fully saturated rings. The maximum Gasteiger partial charge on any atom is 0.416 e. The Morgan fingerprint density at radius 1 is 0.921 bits per heavy atom. The number of carbonyl (C=O) groups excluding carboxylic acids is 2. The van der Waals surface area contributed by atoms with Gasteiger partial charge in [0.1, 0.15) is 5.82 Å². The van der Waals surface area contributed by atoms with Crippen molar-refractivity contribution in [3.8, 4) is 11.3 Å². The van der Waals surface area contributed by atoms with E-state index in [1.807, 2.05) is 0 Å². The number of rotatable bonds is 5. The number of nitrogens with zero attached hydrogens (tertiary/aromatic N) is 2. The quantitative estimate of drug-likeness (QED) is 0.185. The van der Waals surface area contributed by atoms with E-state index in [1.165, 1.54) is 11.3 Å². The Bertz CT molecular complexity index is 1630. The fourth-order valence-electron chi connectivity index (χ4n) is 3.54. The molecule has 0 aliphatic carbocycles. The van der Waals surface area contributed by atoms with Gasteiger partial charge in [0.2, 0.25) is 0 Å². The number of hydrogen-bond acceptors (Lipinski definition) is 5. The molecule has 3 amide bonds. The van der Waals surface area contributed by atoms with Gasteiger partial charge in [-0.25, -0.2) is 14.2 Å². The summed E-state index contributed by atoms with van der Waals surface area (Å²) in [6, 6.07) is 12.5. The first-order chi connectivity index (χ1) is 18.2. The van der Waals surface area contributed by atoms with Crippen molar-refractivity contribution in [3.63, 3.8) is 0 Å². The highest BCUT2D eigenvalue weighted by molar-refractivity contribution is 7.08. The SMILES string of the molecule is O=C(Nc1ccc(-c2ccc3c(NC(=O)c4ccsc4)n[nH]c3n2)cc1)Nc1cc(C(F)(F)F)ccc1F. The number of benzene rings is 2. The molecule has 0 aliphatic rings. The van der Waals surface area contributed by atoms with Crippen molar-refractivity contribution in [3.05, 3.63) is 88.4 Å². The average molecular weight is 541 g/mol. The van der Waals surface area contributed by atoms with E-state index in [1.54, 1.807) is 53.2 Å². The van der Waals surface area contributed by atoms with Crippen LogP contribution in [-0.4, -0.2) is 27.1 Å². The number of alkyl halides is 3. The standard InChI is InChI=1S/C25H16F4N6O2S/c26-18-7-3-15(25(27,28)29)11-20(18)32-24(37)30-16-4-1-13(2-5-16)19-8-6-17-21(31-19)34-35-22(17)33-23(36)14-9-10-38-12-14/h1-12H,(H2,30,32,37)(H2,31,33,34,35,36). The van der Waals surface area contributed by atoms with E-state index in [2.05, 4.69) is 31.1 Å². The topological polar surface area (TPSA) is 112 Å². The van der Waals surface area contributed by atoms with Crippen LogP contribution in [0.4, 0.5) is 39.5 Å². The Balaban J connectivity index is 1.26. The van der Waals surface area contributed by atoms with Crippen LogP contribution in [0.5, 0.6) is 0 Å². The number of thiophene rings is 1. The van der Waals surface area contributed by atoms with Crippen LogP contribution in [0.1, 0.15) is 15.9 Å². The Hall–Kier alpha value is -4.78. The minimum atomic E-state index is -4.68. The monoisotopic (exact) mass is 540 g/mol. The molecular weight excluding hydrogens is 524 g/mol. The number of amides is 3. The lowest BCUT2D eigenvalue weighted by Gasteiger charge is -2.12. The van der Waals surface area contributed by atoms with Crippen molar-refractivity contribution in [1.82, 2.24) is 15.2 Å². The summed E-state index contributed by atoms with van der Waals surface area (Å²) in [6.07, 6.45) is -4.68. The van der Waals surface area contributed by atoms with Gasteiger partial charge in [-0.1, -0.05) is 12.1 Å². The summed E-state index contributed by atoms with van der Waals surface area (Å²) in [4.78, 5) is 29.1. The van der Waals surface area contributed by atoms with Gasteiger partial charge in [0.25, 0.3) is 5.91 Å². The first kappa shape index (κ1) is 24.9. The number of pyridine rings is 1. The average Bonchev–Trinajstić information content (AvgIpc) is 3.56. The van der Waals surface area contributed by atoms with Crippen LogP contribution in [0.3, 0.4) is 0 Å². The van der Waals surface area contributed by atoms with Crippen LogP contribution in [0.15, 0.2) is 71.4 Å². The minimum Gasteiger partial charge on any atom is -0.308 e. The van der Waals surface area contributed by atoms with Gasteiger partial charge < -0.3 is 16.0 Å². The Kier molecular flexibility index (Phi) is 6.51. The summed E-state index contributed by atoms with van der Waals surface area (Å²) in [6.45, 7) is 0. The molecule has 2 aromatic carbocycles. The molecule has 0 radical (unpaired) electrons. The molecule has 13 heteroatoms. The van der Waals surface area contributed by atoms with Crippen molar-refractivity contribution >= 4 is 51.5 Å². The fraction of sp³-hybridized carbons (Fsp3) is 0.0400. The van der Waals surface area contributed by atoms with Crippen molar-refractivity contribution in [2.45, 2.75) is 6.18 Å². The highest BCUT2D eigenvalue weighted by Gasteiger charge is 2.31. The van der Waals surface area contributed by atoms with Crippen molar-refractivity contribution in [2.75, 3.05) is 16.0 Å². The molecule has 3 heterocycles. The Morgan fingerprint density at radius 3 is 2.42 bits per heavy atom. The number of halogens is 4. The third kappa shape index (κ3) is 5.32. The van der Waals surface area contributed by atoms with E-state index in [0.29, 0.717) is 57.6 Å². The van der Waals surface area contributed by atoms with Crippen LogP contribution < -0.4 is 16.0 Å². The second kappa shape index (κ2) is 9.94. The Labute approximate surface area is 215 Å². The van der Waals surface area contributed by atoms with E-state index in [-0.39, 0.29) is 5.91 Å². The number of nitrogens with one attached hydrogen (secondary N) is 4. The molecule has 5 rings (SSSR count). The van der Waals surface area contributed by atoms with Gasteiger partial charge in [0.15, 0.2) is 11.5 Å². The second-order valence-electron chi connectivity index (χ2n) is 7.98. The molecule has 38 heavy (non-hydrogen) atoms. The zero-order chi connectivity index (χ0) is 26.9. The number of hydrogen-bond donors (Lipinski definition) is 4. The molecule has 0 atom stereocenters. The molecular formula is C25H16F4N6O2S. The first-order valence-electron chi connectivity index (χ1n) is 10.9. The molecule has 192 valence electrons. The Morgan fingerprint density at radius 2 is 1.71 bits per heavy atom. The largest absolute Gasteiger partial charge is 0.416 e. The van der Waals surface area contributed by atoms with Gasteiger partial charge in [-0.3, -0.25) is 9.89 Å². The van der Waals surface area contributed by atoms with E-state index in [9.17, 15) is 27.2 Å². The highest BCUT2D eigenvalue weighted by Crippen LogP contribution is 2.32. The van der Waals surface area contributed by atoms with Gasteiger partial charge in [-0.2, -0.15) is 29.6 Å². The fourth-order valence-corrected chi connectivity index (χ4v) is 4.18. The molecule has 3 aromatic heterocycles. The molecule has 0 saturated carbocycles. The minimum absolute atomic E-state index is 0.286. The van der Waals surface area contributed by atoms with Crippen LogP contribution >= 0.6 is 11.3 Å². The molecule has 0 bridgehead atoms. The van der Waals surface area contributed by atoms with Gasteiger partial charge in [-0.05, 0) is 53.9 Å². The third-order valence-corrected chi connectivity index (χ3v) is 6.10. The predicted octanol–water partition coefficient (Wildman–Crippen LogP) is 6.74. The van der Waals surface area contributed by atoms with E-state index in [4.69, 9.17) is 0 Å². The molecule has 5 aromatic rings. The number of H-pyrrole nitrogens is 1. The maximum absolute atomic E-state index is 13.9. The summed E-state index contributed by atoms with van der Waals surface area (Å²) >= 11 is 1.41. The van der Waals surface area contributed by atoms with Crippen molar-refractivity contribution in [2.24, 2.45) is 0 Å². The van der Waals surface area contributed by atoms with Gasteiger partial charge in [0, 0.05) is 16.6 Å². The normalized spacial score (nSPS) is 11.4. The lowest BCUT2D eigenvalue weighted by atomic mass is 10.1. The lowest BCUT2D eigenvalue weighted by molar-refractivity contribution is -0.137. The van der Waals surface area contributed by atoms with Gasteiger partial charge >= 0.3 is 12.2 Å². The van der Waals surface area contributed by atoms with Crippen LogP contribution in [0.2, 0.25) is 0 Å². The van der Waals surface area contributed by atoms with Crippen LogP contribution in [-0.2, 0) is 6.18 Å². The summed E-state index contributed by atoms with van der Waals surface area (Å²) < 4.78 is 52.5. The van der Waals surface area contributed by atoms with E-state index < -0.39 is 29.3 Å². The molecule has 0 unspecified atom stereocenters. The zero-order valence-corrected chi connectivity index (χ0v) is 19.9. The summed E-state index contributed by atoms with van der Waals surface area (Å²) in [5.74, 6) is -0.942.